The van der Waals surface area contributed by atoms with Crippen LogP contribution in [0.3, 0.4) is 0 Å². The second kappa shape index (κ2) is 37.1. The molecule has 0 bridgehead atoms. The van der Waals surface area contributed by atoms with Gasteiger partial charge < -0.3 is 14.6 Å². The maximum absolute atomic E-state index is 12.1. The van der Waals surface area contributed by atoms with Gasteiger partial charge in [-0.2, -0.15) is 0 Å². The largest absolute Gasteiger partial charge is 0.462 e. The summed E-state index contributed by atoms with van der Waals surface area (Å²) in [6.45, 7) is 3.98. The molecule has 0 aromatic carbocycles. The molecule has 1 N–H and O–H groups in total. The first-order valence-electron chi connectivity index (χ1n) is 18.8. The molecule has 0 radical (unpaired) electrons. The van der Waals surface area contributed by atoms with Gasteiger partial charge in [0.15, 0.2) is 6.10 Å². The molecule has 0 saturated heterocycles. The third-order valence-corrected chi connectivity index (χ3v) is 7.80. The molecule has 0 aromatic heterocycles. The second-order valence-corrected chi connectivity index (χ2v) is 12.3. The van der Waals surface area contributed by atoms with Gasteiger partial charge in [0.25, 0.3) is 0 Å². The summed E-state index contributed by atoms with van der Waals surface area (Å²) >= 11 is 0. The molecule has 1 atom stereocenters. The second-order valence-electron chi connectivity index (χ2n) is 12.3. The van der Waals surface area contributed by atoms with Gasteiger partial charge in [-0.15, -0.1) is 0 Å². The highest BCUT2D eigenvalue weighted by atomic mass is 16.6. The van der Waals surface area contributed by atoms with E-state index in [1.807, 2.05) is 0 Å². The van der Waals surface area contributed by atoms with Gasteiger partial charge in [0.05, 0.1) is 6.61 Å². The number of ether oxygens (including phenoxy) is 2. The first-order valence-corrected chi connectivity index (χ1v) is 18.8. The van der Waals surface area contributed by atoms with Crippen molar-refractivity contribution < 1.29 is 24.2 Å². The third-order valence-electron chi connectivity index (χ3n) is 7.80. The molecular formula is C41H70O5. The monoisotopic (exact) mass is 643 g/mol. The summed E-state index contributed by atoms with van der Waals surface area (Å²) in [7, 11) is 0. The van der Waals surface area contributed by atoms with Crippen LogP contribution in [-0.2, 0) is 19.1 Å². The zero-order valence-electron chi connectivity index (χ0n) is 29.8. The Labute approximate surface area is 283 Å². The van der Waals surface area contributed by atoms with E-state index in [2.05, 4.69) is 74.6 Å². The van der Waals surface area contributed by atoms with Crippen molar-refractivity contribution in [2.45, 2.75) is 174 Å². The molecule has 5 nitrogen and oxygen atoms in total. The van der Waals surface area contributed by atoms with E-state index in [9.17, 15) is 14.7 Å². The van der Waals surface area contributed by atoms with E-state index >= 15 is 0 Å². The fourth-order valence-corrected chi connectivity index (χ4v) is 4.95. The van der Waals surface area contributed by atoms with Crippen molar-refractivity contribution in [3.8, 4) is 0 Å². The van der Waals surface area contributed by atoms with Crippen molar-refractivity contribution in [2.24, 2.45) is 0 Å². The lowest BCUT2D eigenvalue weighted by Gasteiger charge is -2.15. The standard InChI is InChI=1S/C41H70O5/c1-3-5-7-9-11-13-15-17-19-20-22-24-26-28-30-32-34-36-41(44)46-39(37-42)38-45-40(43)35-33-31-29-27-25-23-21-18-16-14-12-10-8-6-4-2/h5,7,11,13,17-19,21-22,24,39,42H,3-4,6,8-10,12,14-16,20,23,25-38H2,1-2H3/t39-/m0/s1. The molecular weight excluding hydrogens is 572 g/mol. The minimum absolute atomic E-state index is 0.0823. The minimum Gasteiger partial charge on any atom is -0.462 e. The first-order chi connectivity index (χ1) is 22.6. The minimum atomic E-state index is -0.788. The van der Waals surface area contributed by atoms with Crippen LogP contribution < -0.4 is 0 Å². The molecule has 46 heavy (non-hydrogen) atoms. The number of carbonyl (C=O) groups is 2. The Hall–Kier alpha value is -2.40. The lowest BCUT2D eigenvalue weighted by molar-refractivity contribution is -0.161. The number of aliphatic hydroxyl groups is 1. The Morgan fingerprint density at radius 3 is 1.43 bits per heavy atom. The Balaban J connectivity index is 3.65. The molecule has 0 spiro atoms. The van der Waals surface area contributed by atoms with Crippen LogP contribution in [0.15, 0.2) is 60.8 Å². The van der Waals surface area contributed by atoms with Crippen LogP contribution in [0, 0.1) is 0 Å². The summed E-state index contributed by atoms with van der Waals surface area (Å²) in [5.74, 6) is -0.633. The maximum atomic E-state index is 12.1. The molecule has 0 fully saturated rings. The molecule has 0 aliphatic rings. The van der Waals surface area contributed by atoms with Crippen molar-refractivity contribution in [3.05, 3.63) is 60.8 Å². The normalized spacial score (nSPS) is 12.8. The number of allylic oxidation sites excluding steroid dienone is 10. The van der Waals surface area contributed by atoms with E-state index in [4.69, 9.17) is 9.47 Å². The van der Waals surface area contributed by atoms with Crippen LogP contribution in [0.4, 0.5) is 0 Å². The van der Waals surface area contributed by atoms with E-state index in [0.717, 1.165) is 83.5 Å². The van der Waals surface area contributed by atoms with Gasteiger partial charge in [-0.25, -0.2) is 0 Å². The molecule has 0 saturated carbocycles. The fraction of sp³-hybridized carbons (Fsp3) is 0.707. The summed E-state index contributed by atoms with van der Waals surface area (Å²) in [6, 6.07) is 0. The van der Waals surface area contributed by atoms with Crippen molar-refractivity contribution >= 4 is 11.9 Å². The quantitative estimate of drug-likeness (QED) is 0.0438. The van der Waals surface area contributed by atoms with Gasteiger partial charge in [0, 0.05) is 12.8 Å². The molecule has 0 aliphatic heterocycles. The van der Waals surface area contributed by atoms with Gasteiger partial charge in [-0.3, -0.25) is 9.59 Å². The predicted molar refractivity (Wildman–Crippen MR) is 196 cm³/mol. The van der Waals surface area contributed by atoms with Gasteiger partial charge in [-0.1, -0.05) is 139 Å². The highest BCUT2D eigenvalue weighted by molar-refractivity contribution is 5.70. The van der Waals surface area contributed by atoms with E-state index in [-0.39, 0.29) is 25.2 Å². The average molecular weight is 643 g/mol. The van der Waals surface area contributed by atoms with Crippen molar-refractivity contribution in [1.82, 2.24) is 0 Å². The molecule has 0 heterocycles. The summed E-state index contributed by atoms with van der Waals surface area (Å²) in [5, 5.41) is 9.54. The Bertz CT molecular complexity index is 823. The molecule has 0 amide bonds. The Kier molecular flexibility index (Phi) is 35.1. The zero-order chi connectivity index (χ0) is 33.6. The topological polar surface area (TPSA) is 72.8 Å². The highest BCUT2D eigenvalue weighted by Crippen LogP contribution is 2.11. The summed E-state index contributed by atoms with van der Waals surface area (Å²) < 4.78 is 10.6. The summed E-state index contributed by atoms with van der Waals surface area (Å²) in [6.07, 6.45) is 47.0. The molecule has 0 unspecified atom stereocenters. The molecule has 264 valence electrons. The summed E-state index contributed by atoms with van der Waals surface area (Å²) in [4.78, 5) is 24.2. The van der Waals surface area contributed by atoms with Crippen LogP contribution in [0.1, 0.15) is 168 Å². The van der Waals surface area contributed by atoms with E-state index < -0.39 is 6.10 Å². The van der Waals surface area contributed by atoms with Gasteiger partial charge >= 0.3 is 11.9 Å². The lowest BCUT2D eigenvalue weighted by atomic mass is 10.1. The zero-order valence-corrected chi connectivity index (χ0v) is 29.8. The SMILES string of the molecule is CCC=CCC=CCC=CCC=CCCCCCCC(=O)O[C@@H](CO)COC(=O)CCCCCCCC=CCCCCCCCC. The number of hydrogen-bond donors (Lipinski definition) is 1. The van der Waals surface area contributed by atoms with Crippen LogP contribution in [-0.4, -0.2) is 36.4 Å². The van der Waals surface area contributed by atoms with Crippen LogP contribution in [0.25, 0.3) is 0 Å². The van der Waals surface area contributed by atoms with E-state index in [0.29, 0.717) is 12.8 Å². The number of carbonyl (C=O) groups excluding carboxylic acids is 2. The Morgan fingerprint density at radius 1 is 0.522 bits per heavy atom. The molecule has 0 aliphatic carbocycles. The van der Waals surface area contributed by atoms with Crippen LogP contribution in [0.2, 0.25) is 0 Å². The smallest absolute Gasteiger partial charge is 0.306 e. The predicted octanol–water partition coefficient (Wildman–Crippen LogP) is 11.6. The first kappa shape index (κ1) is 43.6. The number of aliphatic hydroxyl groups excluding tert-OH is 1. The summed E-state index contributed by atoms with van der Waals surface area (Å²) in [5.41, 5.74) is 0. The number of esters is 2. The van der Waals surface area contributed by atoms with Crippen molar-refractivity contribution in [2.75, 3.05) is 13.2 Å². The fourth-order valence-electron chi connectivity index (χ4n) is 4.95. The van der Waals surface area contributed by atoms with Gasteiger partial charge in [0.2, 0.25) is 0 Å². The average Bonchev–Trinajstić information content (AvgIpc) is 3.06. The van der Waals surface area contributed by atoms with E-state index in [1.165, 1.54) is 57.8 Å². The number of hydrogen-bond acceptors (Lipinski definition) is 5. The molecule has 0 rings (SSSR count). The van der Waals surface area contributed by atoms with Crippen molar-refractivity contribution in [1.29, 1.82) is 0 Å². The van der Waals surface area contributed by atoms with Crippen molar-refractivity contribution in [3.63, 3.8) is 0 Å². The third kappa shape index (κ3) is 34.5. The number of unbranched alkanes of at least 4 members (excludes halogenated alkanes) is 15. The maximum Gasteiger partial charge on any atom is 0.306 e. The lowest BCUT2D eigenvalue weighted by Crippen LogP contribution is -2.28. The van der Waals surface area contributed by atoms with Gasteiger partial charge in [0.1, 0.15) is 6.61 Å². The Morgan fingerprint density at radius 2 is 0.935 bits per heavy atom. The van der Waals surface area contributed by atoms with Gasteiger partial charge in [-0.05, 0) is 77.0 Å². The molecule has 5 heteroatoms. The number of rotatable bonds is 33. The molecule has 0 aromatic rings. The van der Waals surface area contributed by atoms with Crippen LogP contribution in [0.5, 0.6) is 0 Å². The van der Waals surface area contributed by atoms with E-state index in [1.54, 1.807) is 0 Å². The van der Waals surface area contributed by atoms with Crippen LogP contribution >= 0.6 is 0 Å². The highest BCUT2D eigenvalue weighted by Gasteiger charge is 2.16.